The monoisotopic (exact) mass is 392 g/mol. The van der Waals surface area contributed by atoms with E-state index >= 15 is 0 Å². The molecule has 1 aromatic heterocycles. The number of thiazole rings is 1. The molecule has 0 aliphatic carbocycles. The highest BCUT2D eigenvalue weighted by Crippen LogP contribution is 2.42. The van der Waals surface area contributed by atoms with Crippen LogP contribution in [0.25, 0.3) is 0 Å². The molecule has 2 rings (SSSR count). The van der Waals surface area contributed by atoms with Gasteiger partial charge in [0.25, 0.3) is 0 Å². The number of anilines is 1. The number of hydrogen-bond acceptors (Lipinski definition) is 4. The molecule has 0 saturated heterocycles. The van der Waals surface area contributed by atoms with Gasteiger partial charge in [-0.05, 0) is 23.9 Å². The normalized spacial score (nSPS) is 11.7. The Morgan fingerprint density at radius 1 is 1.19 bits per heavy atom. The van der Waals surface area contributed by atoms with Crippen molar-refractivity contribution in [2.24, 2.45) is 0 Å². The SMILES string of the molecule is FC(F)(F)Sc1cc(Cl)c(NCc2cnc(Cl)s2)c(Cl)c1. The predicted octanol–water partition coefficient (Wildman–Crippen LogP) is 6.33. The highest BCUT2D eigenvalue weighted by Gasteiger charge is 2.29. The van der Waals surface area contributed by atoms with E-state index in [4.69, 9.17) is 34.8 Å². The van der Waals surface area contributed by atoms with Gasteiger partial charge in [-0.25, -0.2) is 4.98 Å². The number of hydrogen-bond donors (Lipinski definition) is 1. The van der Waals surface area contributed by atoms with Crippen LogP contribution in [0.15, 0.2) is 23.2 Å². The van der Waals surface area contributed by atoms with E-state index in [0.29, 0.717) is 16.7 Å². The summed E-state index contributed by atoms with van der Waals surface area (Å²) >= 11 is 18.7. The van der Waals surface area contributed by atoms with Crippen LogP contribution in [-0.4, -0.2) is 10.5 Å². The summed E-state index contributed by atoms with van der Waals surface area (Å²) in [7, 11) is 0. The van der Waals surface area contributed by atoms with E-state index in [1.165, 1.54) is 23.5 Å². The number of thioether (sulfide) groups is 1. The summed E-state index contributed by atoms with van der Waals surface area (Å²) in [4.78, 5) is 4.66. The number of alkyl halides is 3. The first-order valence-corrected chi connectivity index (χ1v) is 8.10. The van der Waals surface area contributed by atoms with Crippen LogP contribution in [-0.2, 0) is 6.54 Å². The molecular weight excluding hydrogens is 388 g/mol. The second kappa shape index (κ2) is 6.83. The Labute approximate surface area is 141 Å². The minimum atomic E-state index is -4.39. The van der Waals surface area contributed by atoms with Crippen molar-refractivity contribution in [1.29, 1.82) is 0 Å². The van der Waals surface area contributed by atoms with Gasteiger partial charge in [-0.1, -0.05) is 34.8 Å². The van der Waals surface area contributed by atoms with Gasteiger partial charge in [0.1, 0.15) is 0 Å². The van der Waals surface area contributed by atoms with Gasteiger partial charge < -0.3 is 5.32 Å². The first-order valence-electron chi connectivity index (χ1n) is 5.33. The fraction of sp³-hybridized carbons (Fsp3) is 0.182. The molecule has 0 bridgehead atoms. The molecule has 1 aromatic carbocycles. The lowest BCUT2D eigenvalue weighted by Crippen LogP contribution is -2.01. The molecule has 1 heterocycles. The fourth-order valence-corrected chi connectivity index (χ4v) is 3.74. The van der Waals surface area contributed by atoms with E-state index in [1.807, 2.05) is 0 Å². The van der Waals surface area contributed by atoms with Crippen LogP contribution < -0.4 is 5.32 Å². The van der Waals surface area contributed by atoms with Gasteiger partial charge in [0.15, 0.2) is 4.47 Å². The van der Waals surface area contributed by atoms with Crippen LogP contribution in [0.1, 0.15) is 4.88 Å². The maximum atomic E-state index is 12.3. The molecule has 0 atom stereocenters. The minimum absolute atomic E-state index is 0.0658. The Hall–Kier alpha value is -0.340. The Morgan fingerprint density at radius 3 is 2.29 bits per heavy atom. The van der Waals surface area contributed by atoms with E-state index in [9.17, 15) is 13.2 Å². The van der Waals surface area contributed by atoms with E-state index in [1.54, 1.807) is 6.20 Å². The van der Waals surface area contributed by atoms with E-state index in [-0.39, 0.29) is 26.7 Å². The number of rotatable bonds is 4. The molecular formula is C11H6Cl3F3N2S2. The molecule has 0 aliphatic rings. The summed E-state index contributed by atoms with van der Waals surface area (Å²) in [6.07, 6.45) is 1.59. The third-order valence-corrected chi connectivity index (χ3v) is 4.63. The van der Waals surface area contributed by atoms with Gasteiger partial charge in [0, 0.05) is 16.0 Å². The molecule has 2 aromatic rings. The molecule has 0 aliphatic heterocycles. The molecule has 0 unspecified atom stereocenters. The quantitative estimate of drug-likeness (QED) is 0.615. The molecule has 0 fully saturated rings. The van der Waals surface area contributed by atoms with E-state index < -0.39 is 5.51 Å². The Kier molecular flexibility index (Phi) is 5.54. The van der Waals surface area contributed by atoms with Crippen molar-refractivity contribution in [1.82, 2.24) is 4.98 Å². The lowest BCUT2D eigenvalue weighted by atomic mass is 10.3. The molecule has 114 valence electrons. The molecule has 21 heavy (non-hydrogen) atoms. The Balaban J connectivity index is 2.13. The number of halogens is 6. The summed E-state index contributed by atoms with van der Waals surface area (Å²) in [5.41, 5.74) is -4.02. The van der Waals surface area contributed by atoms with Gasteiger partial charge in [0.2, 0.25) is 0 Å². The van der Waals surface area contributed by atoms with Gasteiger partial charge in [-0.2, -0.15) is 13.2 Å². The summed E-state index contributed by atoms with van der Waals surface area (Å²) in [6.45, 7) is 0.371. The first kappa shape index (κ1) is 17.0. The molecule has 0 radical (unpaired) electrons. The zero-order valence-electron chi connectivity index (χ0n) is 9.97. The summed E-state index contributed by atoms with van der Waals surface area (Å²) in [5.74, 6) is 0. The third-order valence-electron chi connectivity index (χ3n) is 2.21. The molecule has 0 saturated carbocycles. The lowest BCUT2D eigenvalue weighted by Gasteiger charge is -2.12. The van der Waals surface area contributed by atoms with E-state index in [0.717, 1.165) is 4.88 Å². The van der Waals surface area contributed by atoms with E-state index in [2.05, 4.69) is 10.3 Å². The predicted molar refractivity (Wildman–Crippen MR) is 82.8 cm³/mol. The standard InChI is InChI=1S/C11H6Cl3F3N2S2/c12-7-1-5(21-11(15,16)17)2-8(13)9(7)18-3-6-4-19-10(14)20-6/h1-2,4,18H,3H2. The zero-order chi connectivity index (χ0) is 15.6. The van der Waals surface area contributed by atoms with Crippen molar-refractivity contribution >= 4 is 63.6 Å². The Bertz CT molecular complexity index is 623. The van der Waals surface area contributed by atoms with Crippen LogP contribution in [0.3, 0.4) is 0 Å². The van der Waals surface area contributed by atoms with Crippen molar-refractivity contribution in [3.05, 3.63) is 37.7 Å². The number of benzene rings is 1. The van der Waals surface area contributed by atoms with Crippen LogP contribution >= 0.6 is 57.9 Å². The maximum Gasteiger partial charge on any atom is 0.446 e. The molecule has 0 amide bonds. The third kappa shape index (κ3) is 5.10. The molecule has 0 spiro atoms. The summed E-state index contributed by atoms with van der Waals surface area (Å²) < 4.78 is 37.4. The highest BCUT2D eigenvalue weighted by molar-refractivity contribution is 8.00. The van der Waals surface area contributed by atoms with Crippen molar-refractivity contribution < 1.29 is 13.2 Å². The van der Waals surface area contributed by atoms with Crippen molar-refractivity contribution in [3.8, 4) is 0 Å². The maximum absolute atomic E-state index is 12.3. The average Bonchev–Trinajstić information content (AvgIpc) is 2.71. The average molecular weight is 394 g/mol. The van der Waals surface area contributed by atoms with Crippen molar-refractivity contribution in [3.63, 3.8) is 0 Å². The fourth-order valence-electron chi connectivity index (χ4n) is 1.45. The molecule has 2 nitrogen and oxygen atoms in total. The minimum Gasteiger partial charge on any atom is -0.378 e. The van der Waals surface area contributed by atoms with Crippen molar-refractivity contribution in [2.45, 2.75) is 16.9 Å². The second-order valence-corrected chi connectivity index (χ2v) is 7.39. The van der Waals surface area contributed by atoms with Crippen LogP contribution in [0.2, 0.25) is 14.5 Å². The van der Waals surface area contributed by atoms with Gasteiger partial charge in [-0.3, -0.25) is 0 Å². The van der Waals surface area contributed by atoms with Crippen molar-refractivity contribution in [2.75, 3.05) is 5.32 Å². The Morgan fingerprint density at radius 2 is 1.81 bits per heavy atom. The molecule has 1 N–H and O–H groups in total. The van der Waals surface area contributed by atoms with Crippen LogP contribution in [0.5, 0.6) is 0 Å². The number of aromatic nitrogens is 1. The number of nitrogens with one attached hydrogen (secondary N) is 1. The second-order valence-electron chi connectivity index (χ2n) is 3.74. The smallest absolute Gasteiger partial charge is 0.378 e. The van der Waals surface area contributed by atoms with Crippen LogP contribution in [0.4, 0.5) is 18.9 Å². The van der Waals surface area contributed by atoms with Gasteiger partial charge in [0.05, 0.1) is 22.3 Å². The lowest BCUT2D eigenvalue weighted by molar-refractivity contribution is -0.0328. The topological polar surface area (TPSA) is 24.9 Å². The van der Waals surface area contributed by atoms with Gasteiger partial charge in [-0.15, -0.1) is 11.3 Å². The summed E-state index contributed by atoms with van der Waals surface area (Å²) in [6, 6.07) is 2.43. The largest absolute Gasteiger partial charge is 0.446 e. The summed E-state index contributed by atoms with van der Waals surface area (Å²) in [5, 5.41) is 3.19. The van der Waals surface area contributed by atoms with Crippen LogP contribution in [0, 0.1) is 0 Å². The zero-order valence-corrected chi connectivity index (χ0v) is 13.9. The highest BCUT2D eigenvalue weighted by atomic mass is 35.5. The molecule has 10 heteroatoms. The van der Waals surface area contributed by atoms with Gasteiger partial charge >= 0.3 is 5.51 Å². The number of nitrogens with zero attached hydrogens (tertiary/aromatic N) is 1. The first-order chi connectivity index (χ1) is 9.74.